The largest absolute Gasteiger partial charge is 0.497 e. The predicted molar refractivity (Wildman–Crippen MR) is 123 cm³/mol. The monoisotopic (exact) mass is 410 g/mol. The summed E-state index contributed by atoms with van der Waals surface area (Å²) >= 11 is 0. The minimum atomic E-state index is 0.750. The van der Waals surface area contributed by atoms with Gasteiger partial charge in [0, 0.05) is 41.1 Å². The molecule has 0 fully saturated rings. The first-order valence-electron chi connectivity index (χ1n) is 10.4. The normalized spacial score (nSPS) is 14.5. The van der Waals surface area contributed by atoms with Crippen LogP contribution in [-0.2, 0) is 0 Å². The molecule has 0 aliphatic carbocycles. The van der Waals surface area contributed by atoms with Crippen LogP contribution in [0.5, 0.6) is 5.75 Å². The van der Waals surface area contributed by atoms with Gasteiger partial charge < -0.3 is 14.6 Å². The van der Waals surface area contributed by atoms with Gasteiger partial charge in [0.15, 0.2) is 5.65 Å². The molecule has 0 spiro atoms. The van der Waals surface area contributed by atoms with E-state index in [1.165, 1.54) is 16.5 Å². The summed E-state index contributed by atoms with van der Waals surface area (Å²) in [5, 5.41) is 6.84. The second kappa shape index (κ2) is 6.84. The Bertz CT molecular complexity index is 1480. The third-order valence-electron chi connectivity index (χ3n) is 5.99. The SMILES string of the molecule is COc1ccc2[nH]cc(C3=CCN(c4nc5ccccc5c5nc(C)nn45)CC3)c2c1. The molecule has 3 aromatic heterocycles. The molecule has 154 valence electrons. The van der Waals surface area contributed by atoms with Crippen LogP contribution >= 0.6 is 0 Å². The summed E-state index contributed by atoms with van der Waals surface area (Å²) in [6, 6.07) is 14.3. The topological polar surface area (TPSA) is 71.3 Å². The van der Waals surface area contributed by atoms with E-state index >= 15 is 0 Å². The third-order valence-corrected chi connectivity index (χ3v) is 5.99. The van der Waals surface area contributed by atoms with E-state index in [1.807, 2.05) is 35.7 Å². The molecule has 2 aromatic carbocycles. The highest BCUT2D eigenvalue weighted by Gasteiger charge is 2.21. The Morgan fingerprint density at radius 2 is 1.97 bits per heavy atom. The predicted octanol–water partition coefficient (Wildman–Crippen LogP) is 4.37. The fourth-order valence-corrected chi connectivity index (χ4v) is 4.44. The van der Waals surface area contributed by atoms with Gasteiger partial charge in [0.25, 0.3) is 0 Å². The van der Waals surface area contributed by atoms with Crippen LogP contribution < -0.4 is 9.64 Å². The number of aromatic nitrogens is 5. The van der Waals surface area contributed by atoms with Crippen molar-refractivity contribution >= 4 is 39.0 Å². The number of nitrogens with zero attached hydrogens (tertiary/aromatic N) is 5. The van der Waals surface area contributed by atoms with Crippen molar-refractivity contribution in [3.05, 3.63) is 66.1 Å². The molecule has 0 saturated heterocycles. The van der Waals surface area contributed by atoms with Crippen molar-refractivity contribution in [1.82, 2.24) is 24.6 Å². The maximum Gasteiger partial charge on any atom is 0.229 e. The van der Waals surface area contributed by atoms with Gasteiger partial charge in [-0.25, -0.2) is 9.97 Å². The highest BCUT2D eigenvalue weighted by atomic mass is 16.5. The quantitative estimate of drug-likeness (QED) is 0.478. The van der Waals surface area contributed by atoms with Crippen molar-refractivity contribution in [3.63, 3.8) is 0 Å². The number of hydrogen-bond donors (Lipinski definition) is 1. The van der Waals surface area contributed by atoms with Crippen LogP contribution in [0.2, 0.25) is 0 Å². The number of benzene rings is 2. The molecule has 0 amide bonds. The molecule has 0 saturated carbocycles. The van der Waals surface area contributed by atoms with Crippen LogP contribution in [0.15, 0.2) is 54.7 Å². The first-order chi connectivity index (χ1) is 15.2. The first kappa shape index (κ1) is 17.9. The molecule has 1 N–H and O–H groups in total. The second-order valence-corrected chi connectivity index (χ2v) is 7.86. The summed E-state index contributed by atoms with van der Waals surface area (Å²) in [6.07, 6.45) is 5.31. The molecule has 7 heteroatoms. The van der Waals surface area contributed by atoms with Crippen LogP contribution in [0.1, 0.15) is 17.8 Å². The Labute approximate surface area is 179 Å². The van der Waals surface area contributed by atoms with E-state index in [0.29, 0.717) is 0 Å². The van der Waals surface area contributed by atoms with E-state index < -0.39 is 0 Å². The first-order valence-corrected chi connectivity index (χ1v) is 10.4. The van der Waals surface area contributed by atoms with Gasteiger partial charge in [-0.3, -0.25) is 0 Å². The standard InChI is InChI=1S/C24H22N6O/c1-15-26-23-18-5-3-4-6-22(18)27-24(30(23)28-15)29-11-9-16(10-12-29)20-14-25-21-8-7-17(31-2)13-19(20)21/h3-9,13-14,25H,10-12H2,1-2H3. The molecular formula is C24H22N6O. The summed E-state index contributed by atoms with van der Waals surface area (Å²) in [5.74, 6) is 2.46. The number of H-pyrrole nitrogens is 1. The molecule has 1 aliphatic heterocycles. The van der Waals surface area contributed by atoms with E-state index in [1.54, 1.807) is 7.11 Å². The molecule has 0 atom stereocenters. The number of rotatable bonds is 3. The molecule has 7 nitrogen and oxygen atoms in total. The average molecular weight is 410 g/mol. The van der Waals surface area contributed by atoms with E-state index in [9.17, 15) is 0 Å². The number of hydrogen-bond acceptors (Lipinski definition) is 5. The molecule has 0 unspecified atom stereocenters. The summed E-state index contributed by atoms with van der Waals surface area (Å²) in [7, 11) is 1.70. The van der Waals surface area contributed by atoms with E-state index in [4.69, 9.17) is 9.72 Å². The lowest BCUT2D eigenvalue weighted by molar-refractivity contribution is 0.415. The van der Waals surface area contributed by atoms with Gasteiger partial charge in [-0.05, 0) is 49.2 Å². The molecule has 4 heterocycles. The fraction of sp³-hybridized carbons (Fsp3) is 0.208. The van der Waals surface area contributed by atoms with E-state index in [-0.39, 0.29) is 0 Å². The zero-order chi connectivity index (χ0) is 20.9. The molecule has 5 aromatic rings. The molecular weight excluding hydrogens is 388 g/mol. The Morgan fingerprint density at radius 3 is 2.81 bits per heavy atom. The molecule has 31 heavy (non-hydrogen) atoms. The Kier molecular flexibility index (Phi) is 3.96. The van der Waals surface area contributed by atoms with Gasteiger partial charge in [-0.15, -0.1) is 5.10 Å². The molecule has 1 aliphatic rings. The van der Waals surface area contributed by atoms with Crippen LogP contribution in [0.3, 0.4) is 0 Å². The van der Waals surface area contributed by atoms with Crippen molar-refractivity contribution in [2.24, 2.45) is 0 Å². The second-order valence-electron chi connectivity index (χ2n) is 7.86. The third kappa shape index (κ3) is 2.84. The maximum atomic E-state index is 5.42. The van der Waals surface area contributed by atoms with Crippen molar-refractivity contribution in [3.8, 4) is 5.75 Å². The van der Waals surface area contributed by atoms with Gasteiger partial charge in [-0.2, -0.15) is 4.52 Å². The summed E-state index contributed by atoms with van der Waals surface area (Å²) in [6.45, 7) is 3.55. The van der Waals surface area contributed by atoms with E-state index in [0.717, 1.165) is 59.1 Å². The fourth-order valence-electron chi connectivity index (χ4n) is 4.44. The van der Waals surface area contributed by atoms with Gasteiger partial charge in [0.2, 0.25) is 5.95 Å². The van der Waals surface area contributed by atoms with Crippen molar-refractivity contribution < 1.29 is 4.74 Å². The van der Waals surface area contributed by atoms with Gasteiger partial charge in [0.1, 0.15) is 11.6 Å². The zero-order valence-electron chi connectivity index (χ0n) is 17.5. The Hall–Kier alpha value is -3.87. The average Bonchev–Trinajstić information content (AvgIpc) is 3.41. The number of nitrogens with one attached hydrogen (secondary N) is 1. The Balaban J connectivity index is 1.39. The zero-order valence-corrected chi connectivity index (χ0v) is 17.5. The number of ether oxygens (including phenoxy) is 1. The lowest BCUT2D eigenvalue weighted by Gasteiger charge is -2.27. The van der Waals surface area contributed by atoms with Crippen molar-refractivity contribution in [2.75, 3.05) is 25.1 Å². The highest BCUT2D eigenvalue weighted by molar-refractivity contribution is 5.94. The number of fused-ring (bicyclic) bond motifs is 4. The van der Waals surface area contributed by atoms with Crippen LogP contribution in [-0.4, -0.2) is 44.8 Å². The molecule has 0 bridgehead atoms. The number of aryl methyl sites for hydroxylation is 1. The van der Waals surface area contributed by atoms with Crippen molar-refractivity contribution in [1.29, 1.82) is 0 Å². The number of aromatic amines is 1. The minimum Gasteiger partial charge on any atom is -0.497 e. The molecule has 0 radical (unpaired) electrons. The summed E-state index contributed by atoms with van der Waals surface area (Å²) in [5.41, 5.74) is 5.49. The van der Waals surface area contributed by atoms with Crippen molar-refractivity contribution in [2.45, 2.75) is 13.3 Å². The number of para-hydroxylation sites is 1. The van der Waals surface area contributed by atoms with Gasteiger partial charge in [0.05, 0.1) is 12.6 Å². The van der Waals surface area contributed by atoms with Crippen LogP contribution in [0.4, 0.5) is 5.95 Å². The highest BCUT2D eigenvalue weighted by Crippen LogP contribution is 2.33. The summed E-state index contributed by atoms with van der Waals surface area (Å²) in [4.78, 5) is 15.2. The number of methoxy groups -OCH3 is 1. The minimum absolute atomic E-state index is 0.750. The van der Waals surface area contributed by atoms with Gasteiger partial charge >= 0.3 is 0 Å². The maximum absolute atomic E-state index is 5.42. The molecule has 6 rings (SSSR count). The van der Waals surface area contributed by atoms with E-state index in [2.05, 4.69) is 50.4 Å². The number of anilines is 1. The van der Waals surface area contributed by atoms with Crippen LogP contribution in [0.25, 0.3) is 33.0 Å². The smallest absolute Gasteiger partial charge is 0.229 e. The Morgan fingerprint density at radius 1 is 1.06 bits per heavy atom. The lowest BCUT2D eigenvalue weighted by atomic mass is 9.99. The van der Waals surface area contributed by atoms with Crippen LogP contribution in [0, 0.1) is 6.92 Å². The summed E-state index contributed by atoms with van der Waals surface area (Å²) < 4.78 is 7.30. The lowest BCUT2D eigenvalue weighted by Crippen LogP contribution is -2.31. The van der Waals surface area contributed by atoms with Gasteiger partial charge in [-0.1, -0.05) is 18.2 Å².